The van der Waals surface area contributed by atoms with Crippen LogP contribution in [0.2, 0.25) is 0 Å². The number of anilines is 1. The minimum Gasteiger partial charge on any atom is -0.497 e. The quantitative estimate of drug-likeness (QED) is 0.844. The number of carbonyl (C=O) groups is 1. The normalized spacial score (nSPS) is 31.0. The Labute approximate surface area is 153 Å². The van der Waals surface area contributed by atoms with E-state index in [1.165, 1.54) is 30.4 Å². The molecule has 0 saturated heterocycles. The van der Waals surface area contributed by atoms with Crippen LogP contribution < -0.4 is 10.1 Å². The molecule has 1 aliphatic heterocycles. The zero-order chi connectivity index (χ0) is 17.8. The summed E-state index contributed by atoms with van der Waals surface area (Å²) in [5.74, 6) is 2.46. The van der Waals surface area contributed by atoms with Gasteiger partial charge in [-0.15, -0.1) is 0 Å². The predicted molar refractivity (Wildman–Crippen MR) is 99.8 cm³/mol. The van der Waals surface area contributed by atoms with E-state index in [1.807, 2.05) is 24.3 Å². The predicted octanol–water partition coefficient (Wildman–Crippen LogP) is 4.69. The van der Waals surface area contributed by atoms with Crippen LogP contribution in [-0.4, -0.2) is 18.2 Å². The molecule has 2 bridgehead atoms. The number of ether oxygens (including phenoxy) is 1. The summed E-state index contributed by atoms with van der Waals surface area (Å²) in [7, 11) is 1.69. The standard InChI is InChI=1S/C22H23NO3/c1-26-16-7-4-12(5-8-16)21-20-14-3-2-13(10-14)19(20)17-11-15(22(24)25)6-9-18(17)23-21/h4-9,11,13-14,19-21,23H,2-3,10H2,1H3,(H,24,25)/t13-,14-,19-,20-,21-/m0/s1. The Kier molecular flexibility index (Phi) is 3.49. The van der Waals surface area contributed by atoms with Gasteiger partial charge in [-0.05, 0) is 84.4 Å². The number of benzene rings is 2. The third-order valence-corrected chi connectivity index (χ3v) is 6.81. The second kappa shape index (κ2) is 5.76. The Hall–Kier alpha value is -2.49. The molecule has 2 fully saturated rings. The molecular formula is C22H23NO3. The summed E-state index contributed by atoms with van der Waals surface area (Å²) in [6.07, 6.45) is 3.85. The lowest BCUT2D eigenvalue weighted by molar-refractivity contribution is 0.0696. The summed E-state index contributed by atoms with van der Waals surface area (Å²) in [4.78, 5) is 11.5. The summed E-state index contributed by atoms with van der Waals surface area (Å²) in [6.45, 7) is 0. The van der Waals surface area contributed by atoms with E-state index in [0.29, 0.717) is 23.3 Å². The fourth-order valence-corrected chi connectivity index (χ4v) is 5.76. The van der Waals surface area contributed by atoms with Crippen molar-refractivity contribution >= 4 is 11.7 Å². The van der Waals surface area contributed by atoms with E-state index < -0.39 is 5.97 Å². The molecule has 0 amide bonds. The largest absolute Gasteiger partial charge is 0.497 e. The molecule has 3 aliphatic rings. The molecule has 5 atom stereocenters. The number of fused-ring (bicyclic) bond motifs is 7. The van der Waals surface area contributed by atoms with E-state index in [4.69, 9.17) is 4.74 Å². The summed E-state index contributed by atoms with van der Waals surface area (Å²) in [6, 6.07) is 14.2. The van der Waals surface area contributed by atoms with Crippen molar-refractivity contribution in [2.45, 2.75) is 31.2 Å². The molecule has 5 rings (SSSR count). The molecule has 26 heavy (non-hydrogen) atoms. The van der Waals surface area contributed by atoms with E-state index in [1.54, 1.807) is 13.2 Å². The summed E-state index contributed by atoms with van der Waals surface area (Å²) in [5.41, 5.74) is 4.01. The van der Waals surface area contributed by atoms with Gasteiger partial charge < -0.3 is 15.2 Å². The van der Waals surface area contributed by atoms with Crippen molar-refractivity contribution in [2.75, 3.05) is 12.4 Å². The highest BCUT2D eigenvalue weighted by molar-refractivity contribution is 5.88. The van der Waals surface area contributed by atoms with Gasteiger partial charge in [0, 0.05) is 5.69 Å². The zero-order valence-electron chi connectivity index (χ0n) is 14.8. The van der Waals surface area contributed by atoms with E-state index in [9.17, 15) is 9.90 Å². The average Bonchev–Trinajstić information content (AvgIpc) is 3.29. The smallest absolute Gasteiger partial charge is 0.335 e. The number of nitrogens with one attached hydrogen (secondary N) is 1. The van der Waals surface area contributed by atoms with Gasteiger partial charge in [-0.1, -0.05) is 12.1 Å². The fraction of sp³-hybridized carbons (Fsp3) is 0.409. The molecule has 2 aromatic carbocycles. The van der Waals surface area contributed by atoms with Gasteiger partial charge in [0.1, 0.15) is 5.75 Å². The molecule has 2 aliphatic carbocycles. The molecule has 2 aromatic rings. The first-order valence-electron chi connectivity index (χ1n) is 9.43. The van der Waals surface area contributed by atoms with Crippen LogP contribution in [0.25, 0.3) is 0 Å². The third kappa shape index (κ3) is 2.24. The Morgan fingerprint density at radius 2 is 1.88 bits per heavy atom. The summed E-state index contributed by atoms with van der Waals surface area (Å²) < 4.78 is 5.31. The molecule has 4 nitrogen and oxygen atoms in total. The van der Waals surface area contributed by atoms with Crippen molar-refractivity contribution in [1.82, 2.24) is 0 Å². The van der Waals surface area contributed by atoms with Gasteiger partial charge in [0.25, 0.3) is 0 Å². The highest BCUT2D eigenvalue weighted by atomic mass is 16.5. The Morgan fingerprint density at radius 3 is 2.62 bits per heavy atom. The van der Waals surface area contributed by atoms with Gasteiger partial charge in [0.05, 0.1) is 18.7 Å². The molecular weight excluding hydrogens is 326 g/mol. The maximum absolute atomic E-state index is 11.5. The number of carboxylic acids is 1. The van der Waals surface area contributed by atoms with Crippen LogP contribution in [-0.2, 0) is 0 Å². The van der Waals surface area contributed by atoms with Crippen molar-refractivity contribution in [2.24, 2.45) is 17.8 Å². The highest BCUT2D eigenvalue weighted by Crippen LogP contribution is 2.63. The van der Waals surface area contributed by atoms with E-state index in [2.05, 4.69) is 17.4 Å². The van der Waals surface area contributed by atoms with Crippen LogP contribution >= 0.6 is 0 Å². The number of aromatic carboxylic acids is 1. The SMILES string of the molecule is COc1ccc([C@@H]2Nc3ccc(C(=O)O)cc3[C@@H]3[C@H]4CC[C@@H](C4)[C@@H]32)cc1. The van der Waals surface area contributed by atoms with Crippen LogP contribution in [0.4, 0.5) is 5.69 Å². The van der Waals surface area contributed by atoms with Crippen molar-refractivity contribution in [3.05, 3.63) is 59.2 Å². The second-order valence-corrected chi connectivity index (χ2v) is 7.94. The third-order valence-electron chi connectivity index (χ3n) is 6.81. The number of hydrogen-bond acceptors (Lipinski definition) is 3. The van der Waals surface area contributed by atoms with Crippen molar-refractivity contribution in [3.63, 3.8) is 0 Å². The van der Waals surface area contributed by atoms with Gasteiger partial charge in [-0.25, -0.2) is 4.79 Å². The van der Waals surface area contributed by atoms with Crippen LogP contribution in [0.15, 0.2) is 42.5 Å². The lowest BCUT2D eigenvalue weighted by atomic mass is 9.68. The average molecular weight is 349 g/mol. The molecule has 134 valence electrons. The molecule has 2 N–H and O–H groups in total. The van der Waals surface area contributed by atoms with E-state index in [-0.39, 0.29) is 6.04 Å². The van der Waals surface area contributed by atoms with Gasteiger partial charge in [-0.3, -0.25) is 0 Å². The molecule has 0 unspecified atom stereocenters. The molecule has 0 aromatic heterocycles. The second-order valence-electron chi connectivity index (χ2n) is 7.94. The molecule has 0 radical (unpaired) electrons. The minimum atomic E-state index is -0.843. The molecule has 4 heteroatoms. The van der Waals surface area contributed by atoms with Crippen LogP contribution in [0.3, 0.4) is 0 Å². The first-order valence-corrected chi connectivity index (χ1v) is 9.43. The summed E-state index contributed by atoms with van der Waals surface area (Å²) in [5, 5.41) is 13.1. The lowest BCUT2D eigenvalue weighted by Gasteiger charge is -2.43. The highest BCUT2D eigenvalue weighted by Gasteiger charge is 2.53. The number of carboxylic acid groups (broad SMARTS) is 1. The first-order chi connectivity index (χ1) is 12.7. The van der Waals surface area contributed by atoms with Gasteiger partial charge in [0.2, 0.25) is 0 Å². The van der Waals surface area contributed by atoms with Crippen LogP contribution in [0.5, 0.6) is 5.75 Å². The Balaban J connectivity index is 1.59. The van der Waals surface area contributed by atoms with Crippen molar-refractivity contribution in [1.29, 1.82) is 0 Å². The molecule has 2 saturated carbocycles. The Bertz CT molecular complexity index is 860. The Morgan fingerprint density at radius 1 is 1.12 bits per heavy atom. The van der Waals surface area contributed by atoms with E-state index >= 15 is 0 Å². The lowest BCUT2D eigenvalue weighted by Crippen LogP contribution is -2.35. The van der Waals surface area contributed by atoms with Gasteiger partial charge in [-0.2, -0.15) is 0 Å². The molecule has 1 heterocycles. The van der Waals surface area contributed by atoms with Gasteiger partial charge in [0.15, 0.2) is 0 Å². The van der Waals surface area contributed by atoms with Crippen molar-refractivity contribution < 1.29 is 14.6 Å². The van der Waals surface area contributed by atoms with Gasteiger partial charge >= 0.3 is 5.97 Å². The maximum Gasteiger partial charge on any atom is 0.335 e. The number of rotatable bonds is 3. The monoisotopic (exact) mass is 349 g/mol. The topological polar surface area (TPSA) is 58.6 Å². The number of hydrogen-bond donors (Lipinski definition) is 2. The van der Waals surface area contributed by atoms with Crippen molar-refractivity contribution in [3.8, 4) is 5.75 Å². The van der Waals surface area contributed by atoms with Crippen LogP contribution in [0.1, 0.15) is 52.7 Å². The van der Waals surface area contributed by atoms with Crippen LogP contribution in [0, 0.1) is 17.8 Å². The van der Waals surface area contributed by atoms with E-state index in [0.717, 1.165) is 17.4 Å². The minimum absolute atomic E-state index is 0.282. The summed E-state index contributed by atoms with van der Waals surface area (Å²) >= 11 is 0. The number of methoxy groups -OCH3 is 1. The fourth-order valence-electron chi connectivity index (χ4n) is 5.76. The molecule has 0 spiro atoms. The zero-order valence-corrected chi connectivity index (χ0v) is 14.8. The first kappa shape index (κ1) is 15.7. The maximum atomic E-state index is 11.5.